The van der Waals surface area contributed by atoms with E-state index in [1.165, 1.54) is 0 Å². The van der Waals surface area contributed by atoms with Gasteiger partial charge in [-0.3, -0.25) is 14.5 Å². The van der Waals surface area contributed by atoms with Gasteiger partial charge in [-0.15, -0.1) is 0 Å². The number of carboxylic acid groups (broad SMARTS) is 1. The second-order valence-corrected chi connectivity index (χ2v) is 4.45. The fourth-order valence-electron chi connectivity index (χ4n) is 2.07. The molecule has 1 saturated heterocycles. The summed E-state index contributed by atoms with van der Waals surface area (Å²) in [6, 6.07) is -0.966. The van der Waals surface area contributed by atoms with Gasteiger partial charge in [-0.1, -0.05) is 0 Å². The number of carbonyl (C=O) groups excluding carboxylic acids is 1. The highest BCUT2D eigenvalue weighted by Crippen LogP contribution is 2.05. The van der Waals surface area contributed by atoms with Crippen molar-refractivity contribution in [3.63, 3.8) is 0 Å². The van der Waals surface area contributed by atoms with Crippen molar-refractivity contribution >= 4 is 11.9 Å². The number of carboxylic acids is 1. The van der Waals surface area contributed by atoms with Gasteiger partial charge in [-0.2, -0.15) is 0 Å². The van der Waals surface area contributed by atoms with Crippen LogP contribution in [-0.4, -0.2) is 77.3 Å². The van der Waals surface area contributed by atoms with E-state index >= 15 is 0 Å². The SMILES string of the molecule is NC(CC(=O)O)C(=O)N1CCCN(CCO)CC1. The lowest BCUT2D eigenvalue weighted by Gasteiger charge is -2.23. The quantitative estimate of drug-likeness (QED) is 0.544. The zero-order valence-electron chi connectivity index (χ0n) is 10.4. The van der Waals surface area contributed by atoms with Gasteiger partial charge in [-0.25, -0.2) is 0 Å². The summed E-state index contributed by atoms with van der Waals surface area (Å²) in [5.74, 6) is -1.36. The van der Waals surface area contributed by atoms with Crippen molar-refractivity contribution in [2.75, 3.05) is 39.3 Å². The van der Waals surface area contributed by atoms with E-state index in [9.17, 15) is 9.59 Å². The van der Waals surface area contributed by atoms with Crippen molar-refractivity contribution < 1.29 is 19.8 Å². The second-order valence-electron chi connectivity index (χ2n) is 4.45. The van der Waals surface area contributed by atoms with Crippen LogP contribution in [0.5, 0.6) is 0 Å². The van der Waals surface area contributed by atoms with Crippen molar-refractivity contribution in [2.45, 2.75) is 18.9 Å². The summed E-state index contributed by atoms with van der Waals surface area (Å²) in [5, 5.41) is 17.5. The summed E-state index contributed by atoms with van der Waals surface area (Å²) in [6.07, 6.45) is 0.473. The molecule has 1 aliphatic heterocycles. The summed E-state index contributed by atoms with van der Waals surface area (Å²) in [7, 11) is 0. The maximum atomic E-state index is 11.9. The van der Waals surface area contributed by atoms with Gasteiger partial charge in [0.2, 0.25) is 5.91 Å². The molecule has 1 fully saturated rings. The molecule has 0 aliphatic carbocycles. The zero-order valence-corrected chi connectivity index (χ0v) is 10.4. The van der Waals surface area contributed by atoms with Gasteiger partial charge < -0.3 is 20.8 Å². The van der Waals surface area contributed by atoms with Gasteiger partial charge >= 0.3 is 5.97 Å². The fourth-order valence-corrected chi connectivity index (χ4v) is 2.07. The van der Waals surface area contributed by atoms with E-state index < -0.39 is 12.0 Å². The average molecular weight is 259 g/mol. The molecule has 1 rings (SSSR count). The van der Waals surface area contributed by atoms with Crippen LogP contribution in [-0.2, 0) is 9.59 Å². The molecule has 1 amide bonds. The van der Waals surface area contributed by atoms with E-state index in [1.807, 2.05) is 0 Å². The Bertz CT molecular complexity index is 298. The van der Waals surface area contributed by atoms with E-state index in [-0.39, 0.29) is 18.9 Å². The van der Waals surface area contributed by atoms with E-state index in [0.29, 0.717) is 26.2 Å². The van der Waals surface area contributed by atoms with Crippen LogP contribution in [0.3, 0.4) is 0 Å². The third kappa shape index (κ3) is 4.59. The van der Waals surface area contributed by atoms with E-state index in [2.05, 4.69) is 4.90 Å². The van der Waals surface area contributed by atoms with E-state index in [0.717, 1.165) is 13.0 Å². The summed E-state index contributed by atoms with van der Waals surface area (Å²) in [5.41, 5.74) is 5.57. The first-order valence-electron chi connectivity index (χ1n) is 6.14. The van der Waals surface area contributed by atoms with Crippen molar-refractivity contribution in [3.05, 3.63) is 0 Å². The minimum Gasteiger partial charge on any atom is -0.481 e. The molecule has 1 unspecified atom stereocenters. The highest BCUT2D eigenvalue weighted by Gasteiger charge is 2.25. The van der Waals surface area contributed by atoms with Gasteiger partial charge in [0.15, 0.2) is 0 Å². The first-order valence-corrected chi connectivity index (χ1v) is 6.14. The smallest absolute Gasteiger partial charge is 0.305 e. The zero-order chi connectivity index (χ0) is 13.5. The largest absolute Gasteiger partial charge is 0.481 e. The average Bonchev–Trinajstić information content (AvgIpc) is 2.53. The topological polar surface area (TPSA) is 107 Å². The molecule has 1 aliphatic rings. The Morgan fingerprint density at radius 1 is 1.22 bits per heavy atom. The number of aliphatic hydroxyl groups excluding tert-OH is 1. The van der Waals surface area contributed by atoms with Crippen LogP contribution in [0.25, 0.3) is 0 Å². The molecule has 18 heavy (non-hydrogen) atoms. The van der Waals surface area contributed by atoms with Gasteiger partial charge in [0, 0.05) is 26.2 Å². The van der Waals surface area contributed by atoms with Crippen LogP contribution >= 0.6 is 0 Å². The first-order chi connectivity index (χ1) is 8.54. The second kappa shape index (κ2) is 7.30. The standard InChI is InChI=1S/C11H21N3O4/c12-9(8-10(16)17)11(18)14-3-1-2-13(4-5-14)6-7-15/h9,15H,1-8,12H2,(H,16,17). The summed E-state index contributed by atoms with van der Waals surface area (Å²) < 4.78 is 0. The van der Waals surface area contributed by atoms with Crippen LogP contribution < -0.4 is 5.73 Å². The summed E-state index contributed by atoms with van der Waals surface area (Å²) in [4.78, 5) is 26.1. The molecule has 0 aromatic carbocycles. The number of aliphatic carboxylic acids is 1. The third-order valence-electron chi connectivity index (χ3n) is 3.03. The fraction of sp³-hybridized carbons (Fsp3) is 0.818. The number of nitrogens with zero attached hydrogens (tertiary/aromatic N) is 2. The lowest BCUT2D eigenvalue weighted by Crippen LogP contribution is -2.46. The normalized spacial score (nSPS) is 19.3. The van der Waals surface area contributed by atoms with E-state index in [4.69, 9.17) is 15.9 Å². The lowest BCUT2D eigenvalue weighted by molar-refractivity contribution is -0.141. The van der Waals surface area contributed by atoms with Crippen molar-refractivity contribution in [1.82, 2.24) is 9.80 Å². The van der Waals surface area contributed by atoms with Crippen LogP contribution in [0.1, 0.15) is 12.8 Å². The molecule has 4 N–H and O–H groups in total. The van der Waals surface area contributed by atoms with Gasteiger partial charge in [0.05, 0.1) is 19.1 Å². The van der Waals surface area contributed by atoms with Crippen LogP contribution in [0.2, 0.25) is 0 Å². The maximum Gasteiger partial charge on any atom is 0.305 e. The van der Waals surface area contributed by atoms with Crippen LogP contribution in [0, 0.1) is 0 Å². The number of β-amino-alcohol motifs (C(OH)–C–C–N with tert-alkyl or cyclic N) is 1. The Morgan fingerprint density at radius 2 is 1.94 bits per heavy atom. The molecule has 1 heterocycles. The van der Waals surface area contributed by atoms with Crippen molar-refractivity contribution in [1.29, 1.82) is 0 Å². The van der Waals surface area contributed by atoms with Gasteiger partial charge in [-0.05, 0) is 13.0 Å². The molecule has 0 radical (unpaired) electrons. The molecule has 0 saturated carbocycles. The van der Waals surface area contributed by atoms with Crippen molar-refractivity contribution in [2.24, 2.45) is 5.73 Å². The third-order valence-corrected chi connectivity index (χ3v) is 3.03. The van der Waals surface area contributed by atoms with Gasteiger partial charge in [0.25, 0.3) is 0 Å². The summed E-state index contributed by atoms with van der Waals surface area (Å²) >= 11 is 0. The molecule has 0 spiro atoms. The molecule has 0 aromatic rings. The molecule has 0 aromatic heterocycles. The molecule has 1 atom stereocenters. The van der Waals surface area contributed by atoms with Crippen molar-refractivity contribution in [3.8, 4) is 0 Å². The Balaban J connectivity index is 2.46. The highest BCUT2D eigenvalue weighted by molar-refractivity contribution is 5.86. The Kier molecular flexibility index (Phi) is 6.03. The molecular weight excluding hydrogens is 238 g/mol. The number of rotatable bonds is 5. The number of hydrogen-bond acceptors (Lipinski definition) is 5. The molecule has 7 heteroatoms. The number of carbonyl (C=O) groups is 2. The first kappa shape index (κ1) is 14.9. The predicted octanol–water partition coefficient (Wildman–Crippen LogP) is -1.68. The molecule has 7 nitrogen and oxygen atoms in total. The number of nitrogens with two attached hydrogens (primary N) is 1. The van der Waals surface area contributed by atoms with Crippen LogP contribution in [0.15, 0.2) is 0 Å². The van der Waals surface area contributed by atoms with E-state index in [1.54, 1.807) is 4.90 Å². The minimum atomic E-state index is -1.06. The lowest BCUT2D eigenvalue weighted by atomic mass is 10.2. The number of amides is 1. The maximum absolute atomic E-state index is 11.9. The molecule has 104 valence electrons. The summed E-state index contributed by atoms with van der Waals surface area (Å²) in [6.45, 7) is 3.35. The van der Waals surface area contributed by atoms with Gasteiger partial charge in [0.1, 0.15) is 0 Å². The molecule has 0 bridgehead atoms. The Morgan fingerprint density at radius 3 is 2.56 bits per heavy atom. The molecular formula is C11H21N3O4. The Labute approximate surface area is 106 Å². The Hall–Kier alpha value is -1.18. The monoisotopic (exact) mass is 259 g/mol. The minimum absolute atomic E-state index is 0.104. The number of hydrogen-bond donors (Lipinski definition) is 3. The highest BCUT2D eigenvalue weighted by atomic mass is 16.4. The van der Waals surface area contributed by atoms with Crippen LogP contribution in [0.4, 0.5) is 0 Å². The number of aliphatic hydroxyl groups is 1. The predicted molar refractivity (Wildman–Crippen MR) is 65.0 cm³/mol.